The van der Waals surface area contributed by atoms with Gasteiger partial charge in [0.05, 0.1) is 0 Å². The predicted molar refractivity (Wildman–Crippen MR) is 88.6 cm³/mol. The molecule has 24 heavy (non-hydrogen) atoms. The molecule has 0 atom stereocenters. The Hall–Kier alpha value is -3.12. The minimum Gasteiger partial charge on any atom is -0.457 e. The van der Waals surface area contributed by atoms with Crippen LogP contribution >= 0.6 is 11.6 Å². The lowest BCUT2D eigenvalue weighted by Gasteiger charge is -2.09. The van der Waals surface area contributed by atoms with Crippen LogP contribution in [0.3, 0.4) is 0 Å². The van der Waals surface area contributed by atoms with E-state index >= 15 is 0 Å². The molecule has 0 bridgehead atoms. The summed E-state index contributed by atoms with van der Waals surface area (Å²) in [6.07, 6.45) is 1.22. The zero-order valence-electron chi connectivity index (χ0n) is 12.3. The van der Waals surface area contributed by atoms with Crippen molar-refractivity contribution in [3.8, 4) is 23.1 Å². The molecule has 1 heterocycles. The van der Waals surface area contributed by atoms with Gasteiger partial charge in [-0.05, 0) is 48.0 Å². The fourth-order valence-corrected chi connectivity index (χ4v) is 2.03. The largest absolute Gasteiger partial charge is 0.457 e. The SMILES string of the molecule is NC(=O)c1cnc(Cl)nc1Oc1ccc(Oc2ccccc2)cc1. The van der Waals surface area contributed by atoms with E-state index < -0.39 is 5.91 Å². The number of carbonyl (C=O) groups is 1. The summed E-state index contributed by atoms with van der Waals surface area (Å²) in [5.41, 5.74) is 5.31. The van der Waals surface area contributed by atoms with Gasteiger partial charge in [-0.3, -0.25) is 4.79 Å². The van der Waals surface area contributed by atoms with Crippen LogP contribution in [0.1, 0.15) is 10.4 Å². The Morgan fingerprint density at radius 3 is 2.12 bits per heavy atom. The third-order valence-electron chi connectivity index (χ3n) is 3.01. The van der Waals surface area contributed by atoms with Crippen LogP contribution in [0.4, 0.5) is 0 Å². The van der Waals surface area contributed by atoms with Crippen LogP contribution in [0.5, 0.6) is 23.1 Å². The van der Waals surface area contributed by atoms with E-state index in [1.807, 2.05) is 30.3 Å². The summed E-state index contributed by atoms with van der Waals surface area (Å²) >= 11 is 5.73. The highest BCUT2D eigenvalue weighted by Crippen LogP contribution is 2.27. The fraction of sp³-hybridized carbons (Fsp3) is 0. The maximum Gasteiger partial charge on any atom is 0.255 e. The second kappa shape index (κ2) is 6.97. The Bertz CT molecular complexity index is 855. The molecule has 0 unspecified atom stereocenters. The third-order valence-corrected chi connectivity index (χ3v) is 3.19. The van der Waals surface area contributed by atoms with E-state index in [4.69, 9.17) is 26.8 Å². The Labute approximate surface area is 142 Å². The molecule has 1 amide bonds. The summed E-state index contributed by atoms with van der Waals surface area (Å²) in [5.74, 6) is 1.12. The van der Waals surface area contributed by atoms with E-state index in [1.165, 1.54) is 6.20 Å². The maximum absolute atomic E-state index is 11.4. The number of primary amides is 1. The average Bonchev–Trinajstić information content (AvgIpc) is 2.57. The summed E-state index contributed by atoms with van der Waals surface area (Å²) < 4.78 is 11.3. The number of carbonyl (C=O) groups excluding carboxylic acids is 1. The summed E-state index contributed by atoms with van der Waals surface area (Å²) in [4.78, 5) is 19.0. The second-order valence-electron chi connectivity index (χ2n) is 4.71. The Morgan fingerprint density at radius 1 is 0.917 bits per heavy atom. The number of rotatable bonds is 5. The minimum absolute atomic E-state index is 0.000715. The summed E-state index contributed by atoms with van der Waals surface area (Å²) in [6.45, 7) is 0. The zero-order chi connectivity index (χ0) is 16.9. The van der Waals surface area contributed by atoms with Crippen molar-refractivity contribution < 1.29 is 14.3 Å². The van der Waals surface area contributed by atoms with Crippen LogP contribution < -0.4 is 15.2 Å². The van der Waals surface area contributed by atoms with Crippen molar-refractivity contribution in [3.63, 3.8) is 0 Å². The Balaban J connectivity index is 1.77. The molecular weight excluding hydrogens is 330 g/mol. The van der Waals surface area contributed by atoms with Gasteiger partial charge in [-0.1, -0.05) is 18.2 Å². The molecule has 0 spiro atoms. The number of hydrogen-bond donors (Lipinski definition) is 1. The molecule has 6 nitrogen and oxygen atoms in total. The maximum atomic E-state index is 11.4. The average molecular weight is 342 g/mol. The number of aromatic nitrogens is 2. The first-order chi connectivity index (χ1) is 11.6. The van der Waals surface area contributed by atoms with Gasteiger partial charge in [0.2, 0.25) is 11.2 Å². The molecule has 0 aliphatic rings. The van der Waals surface area contributed by atoms with Crippen LogP contribution in [-0.4, -0.2) is 15.9 Å². The summed E-state index contributed by atoms with van der Waals surface area (Å²) in [5, 5.41) is -0.0426. The molecule has 0 saturated heterocycles. The van der Waals surface area contributed by atoms with Crippen LogP contribution in [0, 0.1) is 0 Å². The molecule has 0 aliphatic heterocycles. The summed E-state index contributed by atoms with van der Waals surface area (Å²) in [7, 11) is 0. The van der Waals surface area contributed by atoms with Gasteiger partial charge in [0.15, 0.2) is 0 Å². The second-order valence-corrected chi connectivity index (χ2v) is 5.05. The van der Waals surface area contributed by atoms with Crippen LogP contribution in [0.2, 0.25) is 5.28 Å². The first-order valence-electron chi connectivity index (χ1n) is 6.95. The number of nitrogens with two attached hydrogens (primary N) is 1. The van der Waals surface area contributed by atoms with Crippen molar-refractivity contribution in [3.05, 3.63) is 71.6 Å². The molecule has 2 N–H and O–H groups in total. The zero-order valence-corrected chi connectivity index (χ0v) is 13.1. The van der Waals surface area contributed by atoms with Crippen molar-refractivity contribution in [2.24, 2.45) is 5.73 Å². The highest BCUT2D eigenvalue weighted by atomic mass is 35.5. The first-order valence-corrected chi connectivity index (χ1v) is 7.33. The lowest BCUT2D eigenvalue weighted by molar-refractivity contribution is 0.0997. The standard InChI is InChI=1S/C17H12ClN3O3/c18-17-20-10-14(15(19)22)16(21-17)24-13-8-6-12(7-9-13)23-11-4-2-1-3-5-11/h1-10H,(H2,19,22). The van der Waals surface area contributed by atoms with Gasteiger partial charge in [-0.25, -0.2) is 4.98 Å². The number of para-hydroxylation sites is 1. The van der Waals surface area contributed by atoms with E-state index in [-0.39, 0.29) is 16.7 Å². The number of halogens is 1. The lowest BCUT2D eigenvalue weighted by Crippen LogP contribution is -2.13. The normalized spacial score (nSPS) is 10.2. The van der Waals surface area contributed by atoms with E-state index in [0.717, 1.165) is 5.75 Å². The number of benzene rings is 2. The van der Waals surface area contributed by atoms with Crippen LogP contribution in [-0.2, 0) is 0 Å². The number of amides is 1. The van der Waals surface area contributed by atoms with Crippen molar-refractivity contribution >= 4 is 17.5 Å². The molecule has 3 rings (SSSR count). The highest BCUT2D eigenvalue weighted by Gasteiger charge is 2.14. The molecule has 1 aromatic heterocycles. The molecule has 0 radical (unpaired) electrons. The third kappa shape index (κ3) is 3.80. The molecule has 3 aromatic rings. The van der Waals surface area contributed by atoms with E-state index in [1.54, 1.807) is 24.3 Å². The Morgan fingerprint density at radius 2 is 1.50 bits per heavy atom. The molecular formula is C17H12ClN3O3. The number of ether oxygens (including phenoxy) is 2. The predicted octanol–water partition coefficient (Wildman–Crippen LogP) is 3.81. The lowest BCUT2D eigenvalue weighted by atomic mass is 10.3. The van der Waals surface area contributed by atoms with Gasteiger partial charge in [-0.2, -0.15) is 4.98 Å². The fourth-order valence-electron chi connectivity index (χ4n) is 1.90. The van der Waals surface area contributed by atoms with Gasteiger partial charge in [0.1, 0.15) is 22.8 Å². The molecule has 0 aliphatic carbocycles. The van der Waals surface area contributed by atoms with Gasteiger partial charge >= 0.3 is 0 Å². The monoisotopic (exact) mass is 341 g/mol. The molecule has 0 fully saturated rings. The van der Waals surface area contributed by atoms with Crippen molar-refractivity contribution in [1.29, 1.82) is 0 Å². The smallest absolute Gasteiger partial charge is 0.255 e. The van der Waals surface area contributed by atoms with Gasteiger partial charge in [-0.15, -0.1) is 0 Å². The molecule has 2 aromatic carbocycles. The van der Waals surface area contributed by atoms with Crippen molar-refractivity contribution in [2.75, 3.05) is 0 Å². The van der Waals surface area contributed by atoms with E-state index in [2.05, 4.69) is 9.97 Å². The minimum atomic E-state index is -0.703. The van der Waals surface area contributed by atoms with E-state index in [0.29, 0.717) is 11.5 Å². The molecule has 0 saturated carbocycles. The molecule has 120 valence electrons. The van der Waals surface area contributed by atoms with Crippen molar-refractivity contribution in [2.45, 2.75) is 0 Å². The van der Waals surface area contributed by atoms with Gasteiger partial charge in [0, 0.05) is 6.20 Å². The van der Waals surface area contributed by atoms with Gasteiger partial charge in [0.25, 0.3) is 5.91 Å². The highest BCUT2D eigenvalue weighted by molar-refractivity contribution is 6.28. The number of nitrogens with zero attached hydrogens (tertiary/aromatic N) is 2. The van der Waals surface area contributed by atoms with Gasteiger partial charge < -0.3 is 15.2 Å². The quantitative estimate of drug-likeness (QED) is 0.713. The first kappa shape index (κ1) is 15.8. The molecule has 7 heteroatoms. The summed E-state index contributed by atoms with van der Waals surface area (Å²) in [6, 6.07) is 16.2. The number of hydrogen-bond acceptors (Lipinski definition) is 5. The van der Waals surface area contributed by atoms with Crippen LogP contribution in [0.25, 0.3) is 0 Å². The van der Waals surface area contributed by atoms with E-state index in [9.17, 15) is 4.79 Å². The Kier molecular flexibility index (Phi) is 4.58. The van der Waals surface area contributed by atoms with Crippen LogP contribution in [0.15, 0.2) is 60.8 Å². The van der Waals surface area contributed by atoms with Crippen molar-refractivity contribution in [1.82, 2.24) is 9.97 Å². The topological polar surface area (TPSA) is 87.3 Å².